The van der Waals surface area contributed by atoms with E-state index < -0.39 is 0 Å². The maximum Gasteiger partial charge on any atom is 0.0222 e. The summed E-state index contributed by atoms with van der Waals surface area (Å²) in [5.74, 6) is 0. The predicted octanol–water partition coefficient (Wildman–Crippen LogP) is 3.51. The maximum absolute atomic E-state index is 2.47. The van der Waals surface area contributed by atoms with E-state index in [1.54, 1.807) is 11.3 Å². The number of aryl methyl sites for hydroxylation is 1. The molecule has 2 rings (SSSR count). The van der Waals surface area contributed by atoms with Gasteiger partial charge in [0.15, 0.2) is 0 Å². The highest BCUT2D eigenvalue weighted by molar-refractivity contribution is 5.35. The third kappa shape index (κ3) is 1.49. The molecule has 1 nitrogen and oxygen atoms in total. The van der Waals surface area contributed by atoms with E-state index >= 15 is 0 Å². The molecular weight excluding hydrogens is 170 g/mol. The molecule has 0 saturated heterocycles. The van der Waals surface area contributed by atoms with Crippen molar-refractivity contribution in [3.63, 3.8) is 0 Å². The molecule has 0 fully saturated rings. The van der Waals surface area contributed by atoms with Gasteiger partial charge in [0.1, 0.15) is 0 Å². The first-order chi connectivity index (χ1) is 6.65. The van der Waals surface area contributed by atoms with Crippen molar-refractivity contribution in [1.82, 2.24) is 4.57 Å². The van der Waals surface area contributed by atoms with Gasteiger partial charge in [0, 0.05) is 18.4 Å². The summed E-state index contributed by atoms with van der Waals surface area (Å²) < 4.78 is 2.47. The summed E-state index contributed by atoms with van der Waals surface area (Å²) in [4.78, 5) is 0. The topological polar surface area (TPSA) is 4.93 Å². The molecule has 0 aromatic carbocycles. The molecule has 0 radical (unpaired) electrons. The van der Waals surface area contributed by atoms with Crippen molar-refractivity contribution in [2.75, 3.05) is 0 Å². The molecular formula is C13H21N. The second-order valence-corrected chi connectivity index (χ2v) is 5.11. The first-order valence-electron chi connectivity index (χ1n) is 5.83. The summed E-state index contributed by atoms with van der Waals surface area (Å²) in [7, 11) is 0. The Bertz CT molecular complexity index is 320. The van der Waals surface area contributed by atoms with Crippen LogP contribution in [0.3, 0.4) is 0 Å². The van der Waals surface area contributed by atoms with E-state index in [-0.39, 0.29) is 0 Å². The van der Waals surface area contributed by atoms with Gasteiger partial charge in [0.25, 0.3) is 0 Å². The Morgan fingerprint density at radius 3 is 2.93 bits per heavy atom. The van der Waals surface area contributed by atoms with Gasteiger partial charge in [-0.15, -0.1) is 0 Å². The van der Waals surface area contributed by atoms with Crippen molar-refractivity contribution in [3.8, 4) is 0 Å². The largest absolute Gasteiger partial charge is 0.351 e. The van der Waals surface area contributed by atoms with Gasteiger partial charge in [-0.1, -0.05) is 27.2 Å². The van der Waals surface area contributed by atoms with Crippen molar-refractivity contribution < 1.29 is 0 Å². The number of rotatable bonds is 3. The van der Waals surface area contributed by atoms with Gasteiger partial charge in [0.2, 0.25) is 0 Å². The Hall–Kier alpha value is -0.720. The number of nitrogens with zero attached hydrogens (tertiary/aromatic N) is 1. The molecule has 14 heavy (non-hydrogen) atoms. The van der Waals surface area contributed by atoms with Crippen LogP contribution in [0, 0.1) is 0 Å². The Morgan fingerprint density at radius 2 is 2.21 bits per heavy atom. The van der Waals surface area contributed by atoms with E-state index in [1.165, 1.54) is 32.2 Å². The molecule has 1 aliphatic carbocycles. The fraction of sp³-hybridized carbons (Fsp3) is 0.692. The molecule has 78 valence electrons. The molecule has 1 aliphatic rings. The zero-order valence-electron chi connectivity index (χ0n) is 9.64. The van der Waals surface area contributed by atoms with Crippen LogP contribution in [0.2, 0.25) is 0 Å². The van der Waals surface area contributed by atoms with Crippen LogP contribution in [0.1, 0.15) is 51.3 Å². The lowest BCUT2D eigenvalue weighted by molar-refractivity contribution is 0.519. The molecule has 0 unspecified atom stereocenters. The Kier molecular flexibility index (Phi) is 2.42. The monoisotopic (exact) mass is 191 g/mol. The summed E-state index contributed by atoms with van der Waals surface area (Å²) in [6.07, 6.45) is 7.48. The van der Waals surface area contributed by atoms with Crippen molar-refractivity contribution in [2.45, 2.75) is 58.4 Å². The van der Waals surface area contributed by atoms with Crippen molar-refractivity contribution in [2.24, 2.45) is 0 Å². The van der Waals surface area contributed by atoms with Gasteiger partial charge in [-0.25, -0.2) is 0 Å². The molecule has 1 aromatic rings. The number of aromatic nitrogens is 1. The molecule has 1 heterocycles. The van der Waals surface area contributed by atoms with Crippen LogP contribution in [0.25, 0.3) is 0 Å². The quantitative estimate of drug-likeness (QED) is 0.689. The van der Waals surface area contributed by atoms with E-state index in [2.05, 4.69) is 37.6 Å². The molecule has 0 N–H and O–H groups in total. The lowest BCUT2D eigenvalue weighted by Crippen LogP contribution is -2.10. The maximum atomic E-state index is 2.47. The highest BCUT2D eigenvalue weighted by Crippen LogP contribution is 2.38. The minimum absolute atomic E-state index is 0.423. The van der Waals surface area contributed by atoms with Crippen molar-refractivity contribution in [3.05, 3.63) is 23.5 Å². The summed E-state index contributed by atoms with van der Waals surface area (Å²) in [6, 6.07) is 2.33. The van der Waals surface area contributed by atoms with Gasteiger partial charge in [-0.05, 0) is 36.3 Å². The Morgan fingerprint density at radius 1 is 1.43 bits per heavy atom. The molecule has 0 atom stereocenters. The standard InChI is InChI=1S/C13H21N/c1-4-5-9-14-10-7-11-12(14)6-8-13(11,2)3/h7,10H,4-6,8-9H2,1-3H3. The lowest BCUT2D eigenvalue weighted by atomic mass is 9.88. The van der Waals surface area contributed by atoms with Crippen LogP contribution in [-0.4, -0.2) is 4.57 Å². The molecule has 0 saturated carbocycles. The van der Waals surface area contributed by atoms with Gasteiger partial charge in [-0.3, -0.25) is 0 Å². The van der Waals surface area contributed by atoms with Crippen LogP contribution in [0.15, 0.2) is 12.3 Å². The van der Waals surface area contributed by atoms with Crippen LogP contribution in [0.4, 0.5) is 0 Å². The number of hydrogen-bond donors (Lipinski definition) is 0. The highest BCUT2D eigenvalue weighted by atomic mass is 15.0. The third-order valence-electron chi connectivity index (χ3n) is 3.55. The molecule has 1 aromatic heterocycles. The lowest BCUT2D eigenvalue weighted by Gasteiger charge is -2.16. The molecule has 1 heteroatoms. The molecule has 0 amide bonds. The average molecular weight is 191 g/mol. The first kappa shape index (κ1) is 9.82. The third-order valence-corrected chi connectivity index (χ3v) is 3.55. The predicted molar refractivity (Wildman–Crippen MR) is 60.7 cm³/mol. The molecule has 0 aliphatic heterocycles. The van der Waals surface area contributed by atoms with Gasteiger partial charge in [0.05, 0.1) is 0 Å². The van der Waals surface area contributed by atoms with Gasteiger partial charge < -0.3 is 4.57 Å². The Balaban J connectivity index is 2.22. The summed E-state index contributed by atoms with van der Waals surface area (Å²) >= 11 is 0. The summed E-state index contributed by atoms with van der Waals surface area (Å²) in [5, 5.41) is 0. The number of fused-ring (bicyclic) bond motifs is 1. The molecule has 0 spiro atoms. The van der Waals surface area contributed by atoms with E-state index in [4.69, 9.17) is 0 Å². The fourth-order valence-electron chi connectivity index (χ4n) is 2.50. The van der Waals surface area contributed by atoms with Crippen LogP contribution < -0.4 is 0 Å². The minimum atomic E-state index is 0.423. The smallest absolute Gasteiger partial charge is 0.0222 e. The number of unbranched alkanes of at least 4 members (excludes halogenated alkanes) is 1. The fourth-order valence-corrected chi connectivity index (χ4v) is 2.50. The van der Waals surface area contributed by atoms with Crippen molar-refractivity contribution in [1.29, 1.82) is 0 Å². The van der Waals surface area contributed by atoms with Crippen LogP contribution >= 0.6 is 0 Å². The Labute approximate surface area is 87.1 Å². The van der Waals surface area contributed by atoms with Crippen LogP contribution in [0.5, 0.6) is 0 Å². The molecule has 0 bridgehead atoms. The van der Waals surface area contributed by atoms with E-state index in [1.807, 2.05) is 0 Å². The SMILES string of the molecule is CCCCn1ccc2c1CCC2(C)C. The minimum Gasteiger partial charge on any atom is -0.351 e. The summed E-state index contributed by atoms with van der Waals surface area (Å²) in [5.41, 5.74) is 3.62. The second kappa shape index (κ2) is 3.45. The highest BCUT2D eigenvalue weighted by Gasteiger charge is 2.31. The van der Waals surface area contributed by atoms with E-state index in [9.17, 15) is 0 Å². The van der Waals surface area contributed by atoms with Crippen molar-refractivity contribution >= 4 is 0 Å². The summed E-state index contributed by atoms with van der Waals surface area (Å²) in [6.45, 7) is 8.20. The van der Waals surface area contributed by atoms with E-state index in [0.717, 1.165) is 0 Å². The second-order valence-electron chi connectivity index (χ2n) is 5.11. The van der Waals surface area contributed by atoms with Crippen LogP contribution in [-0.2, 0) is 18.4 Å². The van der Waals surface area contributed by atoms with E-state index in [0.29, 0.717) is 5.41 Å². The average Bonchev–Trinajstić information content (AvgIpc) is 2.65. The van der Waals surface area contributed by atoms with Gasteiger partial charge >= 0.3 is 0 Å². The normalized spacial score (nSPS) is 18.5. The number of hydrogen-bond acceptors (Lipinski definition) is 0. The van der Waals surface area contributed by atoms with Gasteiger partial charge in [-0.2, -0.15) is 0 Å². The zero-order valence-corrected chi connectivity index (χ0v) is 9.64. The first-order valence-corrected chi connectivity index (χ1v) is 5.83. The zero-order chi connectivity index (χ0) is 10.2.